The maximum absolute atomic E-state index is 10.1. The van der Waals surface area contributed by atoms with Gasteiger partial charge in [0.15, 0.2) is 0 Å². The summed E-state index contributed by atoms with van der Waals surface area (Å²) in [6.45, 7) is 0.539. The number of benzene rings is 2. The van der Waals surface area contributed by atoms with Gasteiger partial charge in [-0.2, -0.15) is 0 Å². The molecule has 4 rings (SSSR count). The van der Waals surface area contributed by atoms with Crippen molar-refractivity contribution in [1.82, 2.24) is 0 Å². The van der Waals surface area contributed by atoms with E-state index in [0.29, 0.717) is 6.61 Å². The average Bonchev–Trinajstić information content (AvgIpc) is 2.45. The molecule has 2 aromatic carbocycles. The van der Waals surface area contributed by atoms with Gasteiger partial charge in [0, 0.05) is 10.6 Å². The molecule has 0 fully saturated rings. The van der Waals surface area contributed by atoms with Gasteiger partial charge in [0.1, 0.15) is 12.4 Å². The van der Waals surface area contributed by atoms with Crippen LogP contribution in [0.5, 0.6) is 5.75 Å². The monoisotopic (exact) mass is 286 g/mol. The van der Waals surface area contributed by atoms with Crippen molar-refractivity contribution in [2.45, 2.75) is 32.0 Å². The molecule has 1 unspecified atom stereocenters. The summed E-state index contributed by atoms with van der Waals surface area (Å²) < 4.78 is 5.85. The number of rotatable bonds is 0. The molecule has 2 aromatic rings. The molecule has 2 nitrogen and oxygen atoms in total. The highest BCUT2D eigenvalue weighted by molar-refractivity contribution is 6.30. The van der Waals surface area contributed by atoms with E-state index in [1.165, 1.54) is 11.1 Å². The predicted octanol–water partition coefficient (Wildman–Crippen LogP) is 4.27. The van der Waals surface area contributed by atoms with Crippen molar-refractivity contribution in [2.75, 3.05) is 0 Å². The number of ether oxygens (including phenoxy) is 1. The lowest BCUT2D eigenvalue weighted by Gasteiger charge is -2.27. The second kappa shape index (κ2) is 4.51. The van der Waals surface area contributed by atoms with Crippen molar-refractivity contribution in [3.05, 3.63) is 52.0 Å². The first-order valence-electron chi connectivity index (χ1n) is 6.99. The smallest absolute Gasteiger partial charge is 0.128 e. The SMILES string of the molecule is OC1CCCc2cc3c(cc21)OCc1cc(Cl)ccc1-3. The summed E-state index contributed by atoms with van der Waals surface area (Å²) in [5.41, 5.74) is 5.72. The first-order valence-corrected chi connectivity index (χ1v) is 7.36. The Morgan fingerprint density at radius 1 is 1.10 bits per heavy atom. The van der Waals surface area contributed by atoms with Gasteiger partial charge in [-0.1, -0.05) is 17.7 Å². The van der Waals surface area contributed by atoms with Crippen LogP contribution in [-0.4, -0.2) is 5.11 Å². The molecular formula is C17H15ClO2. The lowest BCUT2D eigenvalue weighted by atomic mass is 9.85. The zero-order valence-corrected chi connectivity index (χ0v) is 11.8. The molecule has 1 aliphatic heterocycles. The van der Waals surface area contributed by atoms with Crippen LogP contribution in [-0.2, 0) is 13.0 Å². The van der Waals surface area contributed by atoms with Crippen LogP contribution in [0.1, 0.15) is 35.6 Å². The minimum absolute atomic E-state index is 0.348. The fourth-order valence-corrected chi connectivity index (χ4v) is 3.43. The first kappa shape index (κ1) is 12.2. The average molecular weight is 287 g/mol. The Kier molecular flexibility index (Phi) is 2.76. The zero-order chi connectivity index (χ0) is 13.7. The van der Waals surface area contributed by atoms with Crippen molar-refractivity contribution in [1.29, 1.82) is 0 Å². The molecule has 2 aliphatic rings. The van der Waals surface area contributed by atoms with E-state index in [1.54, 1.807) is 0 Å². The Labute approximate surface area is 123 Å². The molecule has 1 aliphatic carbocycles. The highest BCUT2D eigenvalue weighted by atomic mass is 35.5. The number of halogens is 1. The summed E-state index contributed by atoms with van der Waals surface area (Å²) in [5.74, 6) is 0.875. The number of aryl methyl sites for hydroxylation is 1. The Morgan fingerprint density at radius 2 is 2.00 bits per heavy atom. The third-order valence-corrected chi connectivity index (χ3v) is 4.50. The van der Waals surface area contributed by atoms with E-state index in [0.717, 1.165) is 46.7 Å². The second-order valence-electron chi connectivity index (χ2n) is 5.55. The lowest BCUT2D eigenvalue weighted by molar-refractivity contribution is 0.156. The van der Waals surface area contributed by atoms with Crippen LogP contribution >= 0.6 is 11.6 Å². The fraction of sp³-hybridized carbons (Fsp3) is 0.294. The predicted molar refractivity (Wildman–Crippen MR) is 79.1 cm³/mol. The molecule has 3 heteroatoms. The van der Waals surface area contributed by atoms with Crippen LogP contribution in [0.4, 0.5) is 0 Å². The third-order valence-electron chi connectivity index (χ3n) is 4.26. The van der Waals surface area contributed by atoms with Crippen LogP contribution in [0.3, 0.4) is 0 Å². The van der Waals surface area contributed by atoms with E-state index in [9.17, 15) is 5.11 Å². The fourth-order valence-electron chi connectivity index (χ4n) is 3.24. The topological polar surface area (TPSA) is 29.5 Å². The molecule has 0 saturated carbocycles. The molecule has 1 atom stereocenters. The lowest BCUT2D eigenvalue weighted by Crippen LogP contribution is -2.12. The molecule has 0 aromatic heterocycles. The normalized spacial score (nSPS) is 19.6. The molecule has 0 saturated heterocycles. The van der Waals surface area contributed by atoms with E-state index in [1.807, 2.05) is 18.2 Å². The largest absolute Gasteiger partial charge is 0.488 e. The van der Waals surface area contributed by atoms with Crippen molar-refractivity contribution in [3.8, 4) is 16.9 Å². The number of fused-ring (bicyclic) bond motifs is 4. The maximum atomic E-state index is 10.1. The molecule has 0 radical (unpaired) electrons. The summed E-state index contributed by atoms with van der Waals surface area (Å²) in [5, 5.41) is 10.9. The van der Waals surface area contributed by atoms with Gasteiger partial charge in [-0.05, 0) is 65.8 Å². The summed E-state index contributed by atoms with van der Waals surface area (Å²) in [7, 11) is 0. The van der Waals surface area contributed by atoms with Gasteiger partial charge in [0.2, 0.25) is 0 Å². The van der Waals surface area contributed by atoms with E-state index in [-0.39, 0.29) is 6.10 Å². The van der Waals surface area contributed by atoms with E-state index in [2.05, 4.69) is 12.1 Å². The molecule has 0 bridgehead atoms. The molecule has 20 heavy (non-hydrogen) atoms. The highest BCUT2D eigenvalue weighted by Crippen LogP contribution is 2.43. The second-order valence-corrected chi connectivity index (χ2v) is 5.98. The van der Waals surface area contributed by atoms with E-state index >= 15 is 0 Å². The molecule has 0 spiro atoms. The maximum Gasteiger partial charge on any atom is 0.128 e. The molecule has 0 amide bonds. The minimum Gasteiger partial charge on any atom is -0.488 e. The number of hydrogen-bond acceptors (Lipinski definition) is 2. The Hall–Kier alpha value is -1.51. The van der Waals surface area contributed by atoms with Gasteiger partial charge in [-0.3, -0.25) is 0 Å². The molecule has 1 N–H and O–H groups in total. The summed E-state index contributed by atoms with van der Waals surface area (Å²) >= 11 is 6.05. The van der Waals surface area contributed by atoms with Gasteiger partial charge < -0.3 is 9.84 Å². The number of hydrogen-bond donors (Lipinski definition) is 1. The van der Waals surface area contributed by atoms with E-state index < -0.39 is 0 Å². The Balaban J connectivity index is 1.91. The van der Waals surface area contributed by atoms with Crippen LogP contribution in [0, 0.1) is 0 Å². The van der Waals surface area contributed by atoms with Crippen molar-refractivity contribution >= 4 is 11.6 Å². The highest BCUT2D eigenvalue weighted by Gasteiger charge is 2.24. The van der Waals surface area contributed by atoms with Gasteiger partial charge in [-0.25, -0.2) is 0 Å². The summed E-state index contributed by atoms with van der Waals surface area (Å²) in [6.07, 6.45) is 2.57. The minimum atomic E-state index is -0.348. The Bertz CT molecular complexity index is 694. The number of aliphatic hydroxyl groups is 1. The van der Waals surface area contributed by atoms with Crippen molar-refractivity contribution in [3.63, 3.8) is 0 Å². The first-order chi connectivity index (χ1) is 9.72. The van der Waals surface area contributed by atoms with Gasteiger partial charge >= 0.3 is 0 Å². The standard InChI is InChI=1S/C17H15ClO2/c18-12-4-5-13-11(6-12)9-20-17-8-14-10(7-15(13)17)2-1-3-16(14)19/h4-8,16,19H,1-3,9H2. The molecule has 102 valence electrons. The van der Waals surface area contributed by atoms with Crippen molar-refractivity contribution < 1.29 is 9.84 Å². The third kappa shape index (κ3) is 1.83. The van der Waals surface area contributed by atoms with Crippen LogP contribution in [0.15, 0.2) is 30.3 Å². The van der Waals surface area contributed by atoms with E-state index in [4.69, 9.17) is 16.3 Å². The summed E-state index contributed by atoms with van der Waals surface area (Å²) in [6, 6.07) is 10.1. The quantitative estimate of drug-likeness (QED) is 0.784. The van der Waals surface area contributed by atoms with Crippen LogP contribution in [0.2, 0.25) is 5.02 Å². The van der Waals surface area contributed by atoms with Gasteiger partial charge in [0.25, 0.3) is 0 Å². The van der Waals surface area contributed by atoms with Gasteiger partial charge in [0.05, 0.1) is 6.10 Å². The molecule has 1 heterocycles. The summed E-state index contributed by atoms with van der Waals surface area (Å²) in [4.78, 5) is 0. The van der Waals surface area contributed by atoms with Crippen molar-refractivity contribution in [2.24, 2.45) is 0 Å². The Morgan fingerprint density at radius 3 is 2.90 bits per heavy atom. The van der Waals surface area contributed by atoms with Gasteiger partial charge in [-0.15, -0.1) is 0 Å². The zero-order valence-electron chi connectivity index (χ0n) is 11.0. The van der Waals surface area contributed by atoms with Crippen LogP contribution in [0.25, 0.3) is 11.1 Å². The molecular weight excluding hydrogens is 272 g/mol. The van der Waals surface area contributed by atoms with Crippen LogP contribution < -0.4 is 4.74 Å². The number of aliphatic hydroxyl groups excluding tert-OH is 1.